The van der Waals surface area contributed by atoms with Crippen molar-refractivity contribution in [3.05, 3.63) is 254 Å². The zero-order valence-corrected chi connectivity index (χ0v) is 66.5. The van der Waals surface area contributed by atoms with E-state index in [1.807, 2.05) is 0 Å². The molecule has 3 aliphatic heterocycles. The van der Waals surface area contributed by atoms with E-state index in [1.54, 1.807) is 158 Å². The average Bonchev–Trinajstić information content (AvgIpc) is 0.844. The maximum absolute atomic E-state index is 13.5. The van der Waals surface area contributed by atoms with Gasteiger partial charge >= 0.3 is 0 Å². The fourth-order valence-electron chi connectivity index (χ4n) is 12.6. The number of nitrogens with two attached hydrogens (primary N) is 4. The van der Waals surface area contributed by atoms with E-state index in [9.17, 15) is 72.9 Å². The van der Waals surface area contributed by atoms with Crippen molar-refractivity contribution in [1.29, 1.82) is 0 Å². The maximum Gasteiger partial charge on any atom is 0.243 e. The third kappa shape index (κ3) is 29.7. The van der Waals surface area contributed by atoms with Gasteiger partial charge in [-0.2, -0.15) is 0 Å². The first-order valence-corrected chi connectivity index (χ1v) is 38.9. The van der Waals surface area contributed by atoms with E-state index in [0.29, 0.717) is 49.6 Å². The molecule has 9 atom stereocenters. The Labute approximate surface area is 699 Å². The third-order valence-corrected chi connectivity index (χ3v) is 19.8. The van der Waals surface area contributed by atoms with Crippen LogP contribution in [0.3, 0.4) is 0 Å². The van der Waals surface area contributed by atoms with Gasteiger partial charge in [0, 0.05) is 84.4 Å². The first kappa shape index (κ1) is 89.5. The second kappa shape index (κ2) is 44.0. The van der Waals surface area contributed by atoms with E-state index in [4.69, 9.17) is 57.7 Å². The molecule has 23 N–H and O–H groups in total. The van der Waals surface area contributed by atoms with Crippen molar-refractivity contribution in [3.8, 4) is 17.2 Å². The van der Waals surface area contributed by atoms with Gasteiger partial charge in [0.05, 0.1) is 19.6 Å². The number of guanidine groups is 1. The fourth-order valence-corrected chi connectivity index (χ4v) is 13.0. The number of hydrogen-bond acceptors (Lipinski definition) is 18. The topological polar surface area (TPSA) is 526 Å². The summed E-state index contributed by atoms with van der Waals surface area (Å²) in [7, 11) is 0. The van der Waals surface area contributed by atoms with Crippen molar-refractivity contribution in [2.24, 2.45) is 16.5 Å². The van der Waals surface area contributed by atoms with E-state index in [0.717, 1.165) is 27.8 Å². The lowest BCUT2D eigenvalue weighted by Crippen LogP contribution is -2.60. The molecule has 0 saturated carbocycles. The molecule has 11 rings (SSSR count). The maximum atomic E-state index is 13.5. The number of carbonyl (C=O) groups excluding carboxylic acids is 12. The van der Waals surface area contributed by atoms with Crippen LogP contribution in [0.15, 0.2) is 199 Å². The number of phenolic OH excluding ortho intramolecular Hbond substituents is 3. The lowest BCUT2D eigenvalue weighted by atomic mass is 10.0. The molecule has 32 nitrogen and oxygen atoms in total. The first-order chi connectivity index (χ1) is 56.9. The summed E-state index contributed by atoms with van der Waals surface area (Å²) in [6, 6.07) is 43.4. The van der Waals surface area contributed by atoms with Crippen molar-refractivity contribution in [2.45, 2.75) is 119 Å². The molecule has 35 heteroatoms. The zero-order chi connectivity index (χ0) is 85.7. The van der Waals surface area contributed by atoms with Crippen LogP contribution >= 0.6 is 34.8 Å². The molecule has 0 aromatic heterocycles. The number of benzene rings is 8. The predicted octanol–water partition coefficient (Wildman–Crippen LogP) is 1.95. The molecule has 3 saturated heterocycles. The number of halogens is 3. The molecule has 0 aliphatic carbocycles. The monoisotopic (exact) mass is 1680 g/mol. The van der Waals surface area contributed by atoms with Gasteiger partial charge in [-0.05, 0) is 154 Å². The van der Waals surface area contributed by atoms with Crippen molar-refractivity contribution in [1.82, 2.24) is 63.8 Å². The Morgan fingerprint density at radius 2 is 0.479 bits per heavy atom. The molecule has 12 amide bonds. The molecule has 0 spiro atoms. The molecule has 119 heavy (non-hydrogen) atoms. The summed E-state index contributed by atoms with van der Waals surface area (Å²) in [5.74, 6) is -6.73. The van der Waals surface area contributed by atoms with E-state index < -0.39 is 125 Å². The van der Waals surface area contributed by atoms with Gasteiger partial charge in [0.25, 0.3) is 0 Å². The van der Waals surface area contributed by atoms with Gasteiger partial charge in [-0.3, -0.25) is 62.5 Å². The van der Waals surface area contributed by atoms with Gasteiger partial charge in [-0.1, -0.05) is 132 Å². The highest BCUT2D eigenvalue weighted by molar-refractivity contribution is 6.31. The summed E-state index contributed by atoms with van der Waals surface area (Å²) in [4.78, 5) is 162. The lowest BCUT2D eigenvalue weighted by Gasteiger charge is -2.27. The molecule has 8 aromatic rings. The Kier molecular flexibility index (Phi) is 33.1. The molecule has 9 unspecified atom stereocenters. The number of rotatable bonds is 20. The fraction of sp³-hybridized carbons (Fsp3) is 0.274. The summed E-state index contributed by atoms with van der Waals surface area (Å²) >= 11 is 17.9. The Bertz CT molecular complexity index is 4600. The Morgan fingerprint density at radius 1 is 0.286 bits per heavy atom. The van der Waals surface area contributed by atoms with Crippen molar-refractivity contribution < 1.29 is 72.9 Å². The van der Waals surface area contributed by atoms with Crippen LogP contribution in [0, 0.1) is 0 Å². The van der Waals surface area contributed by atoms with Crippen LogP contribution < -0.4 is 86.7 Å². The number of nitrogen functional groups attached to an aromatic ring is 2. The smallest absolute Gasteiger partial charge is 0.243 e. The van der Waals surface area contributed by atoms with Gasteiger partial charge in [0.2, 0.25) is 70.9 Å². The highest BCUT2D eigenvalue weighted by atomic mass is 35.5. The summed E-state index contributed by atoms with van der Waals surface area (Å²) in [5.41, 5.74) is 29.0. The van der Waals surface area contributed by atoms with Gasteiger partial charge in [0.1, 0.15) is 71.6 Å². The van der Waals surface area contributed by atoms with E-state index in [-0.39, 0.29) is 107 Å². The SMILES string of the molecule is NC(N)=NCCCC1NC(=O)C(Cc2ccc(O)cc2)NC(=O)C(Cc2ccc(Cl)cc2)NC(=O)CNC1=O.Nc1ccc(CC2NC(=O)C(Cc3ccc(O)cc3)NC(=O)C(Cc3ccc(Cl)cc3)NC(=O)CNC2=O)cc1.Nc1ccc(CC2NC(=O)C(Cc3ccc(O)cc3)NC(=O)C(Cc3ccc(Cl)cc3)NC(=O)CNC2=O)cc1. The largest absolute Gasteiger partial charge is 0.508 e. The second-order valence-corrected chi connectivity index (χ2v) is 29.6. The Balaban J connectivity index is 0.000000203. The minimum absolute atomic E-state index is 0.0502. The summed E-state index contributed by atoms with van der Waals surface area (Å²) < 4.78 is 0. The van der Waals surface area contributed by atoms with E-state index in [1.165, 1.54) is 36.4 Å². The van der Waals surface area contributed by atoms with Gasteiger partial charge in [0.15, 0.2) is 5.96 Å². The molecule has 3 aliphatic rings. The highest BCUT2D eigenvalue weighted by Crippen LogP contribution is 2.21. The minimum atomic E-state index is -1.08. The van der Waals surface area contributed by atoms with Crippen LogP contribution in [0.4, 0.5) is 11.4 Å². The summed E-state index contributed by atoms with van der Waals surface area (Å²) in [6.45, 7) is -0.911. The van der Waals surface area contributed by atoms with Gasteiger partial charge < -0.3 is 102 Å². The third-order valence-electron chi connectivity index (χ3n) is 19.0. The minimum Gasteiger partial charge on any atom is -0.508 e. The Hall–Kier alpha value is -13.5. The van der Waals surface area contributed by atoms with Crippen LogP contribution in [-0.4, -0.2) is 173 Å². The number of aromatic hydroxyl groups is 3. The van der Waals surface area contributed by atoms with Crippen LogP contribution in [0.2, 0.25) is 15.1 Å². The van der Waals surface area contributed by atoms with Gasteiger partial charge in [-0.15, -0.1) is 0 Å². The predicted molar refractivity (Wildman–Crippen MR) is 446 cm³/mol. The highest BCUT2D eigenvalue weighted by Gasteiger charge is 2.36. The van der Waals surface area contributed by atoms with Crippen LogP contribution in [-0.2, 0) is 109 Å². The lowest BCUT2D eigenvalue weighted by molar-refractivity contribution is -0.135. The normalized spacial score (nSPS) is 20.3. The van der Waals surface area contributed by atoms with Crippen LogP contribution in [0.1, 0.15) is 57.3 Å². The molecular formula is C84H92Cl3N17O15. The first-order valence-electron chi connectivity index (χ1n) is 37.8. The molecule has 3 fully saturated rings. The quantitative estimate of drug-likeness (QED) is 0.0224. The number of nitrogens with zero attached hydrogens (tertiary/aromatic N) is 1. The number of nitrogens with one attached hydrogen (secondary N) is 12. The number of anilines is 2. The van der Waals surface area contributed by atoms with Gasteiger partial charge in [-0.25, -0.2) is 0 Å². The van der Waals surface area contributed by atoms with Crippen LogP contribution in [0.5, 0.6) is 17.2 Å². The molecule has 0 radical (unpaired) electrons. The molecule has 8 aromatic carbocycles. The number of aliphatic imine (C=N–C) groups is 1. The second-order valence-electron chi connectivity index (χ2n) is 28.3. The number of phenols is 3. The zero-order valence-electron chi connectivity index (χ0n) is 64.2. The standard InChI is InChI=1S/2C29H30ClN5O5.C26H32ClN7O5/c2*30-20-7-1-17(2-8-20)14-24-28(39)35-25(15-19-5-11-22(36)12-6-19)29(40)34-23(27(38)32-16-26(37)33-24)13-18-3-9-21(31)10-4-18;27-17-7-3-15(4-8-17)12-20-24(38)34-21(13-16-5-9-18(35)10-6-16)25(39)33-19(2-1-11-30-26(28)29)23(37)31-14-22(36)32-20/h2*1-12,23-25,36H,13-16,31H2,(H,32,38)(H,33,37)(H,34,40)(H,35,39);3-10,19-21,35H,1-2,11-14H2,(H,31,37)(H,32,36)(H,33,39)(H,34,38)(H4,28,29,30). The number of amides is 12. The van der Waals surface area contributed by atoms with E-state index in [2.05, 4.69) is 68.8 Å². The molecule has 0 bridgehead atoms. The molecule has 3 heterocycles. The van der Waals surface area contributed by atoms with Crippen molar-refractivity contribution >= 4 is 123 Å². The van der Waals surface area contributed by atoms with Crippen LogP contribution in [0.25, 0.3) is 0 Å². The number of carbonyl (C=O) groups is 12. The molecular weight excluding hydrogens is 1590 g/mol. The Morgan fingerprint density at radius 3 is 0.714 bits per heavy atom. The van der Waals surface area contributed by atoms with Crippen molar-refractivity contribution in [2.75, 3.05) is 37.6 Å². The number of hydrogen-bond donors (Lipinski definition) is 19. The molecule has 624 valence electrons. The average molecular weight is 1690 g/mol. The summed E-state index contributed by atoms with van der Waals surface area (Å²) in [5, 5.41) is 62.5. The summed E-state index contributed by atoms with van der Waals surface area (Å²) in [6.07, 6.45) is 1.47. The van der Waals surface area contributed by atoms with E-state index >= 15 is 0 Å². The van der Waals surface area contributed by atoms with Crippen molar-refractivity contribution in [3.63, 3.8) is 0 Å².